The first-order valence-corrected chi connectivity index (χ1v) is 5.54. The van der Waals surface area contributed by atoms with Crippen molar-refractivity contribution in [2.45, 2.75) is 38.8 Å². The highest BCUT2D eigenvalue weighted by Gasteiger charge is 2.26. The molecular formula is C13H19NO3. The Bertz CT molecular complexity index is 384. The minimum Gasteiger partial charge on any atom is -0.488 e. The van der Waals surface area contributed by atoms with Crippen molar-refractivity contribution in [1.29, 1.82) is 0 Å². The molecular weight excluding hydrogens is 218 g/mol. The number of aliphatic carboxylic acids is 1. The fourth-order valence-electron chi connectivity index (χ4n) is 1.58. The summed E-state index contributed by atoms with van der Waals surface area (Å²) in [6.07, 6.45) is 0.260. The van der Waals surface area contributed by atoms with Crippen molar-refractivity contribution in [1.82, 2.24) is 0 Å². The molecule has 0 fully saturated rings. The van der Waals surface area contributed by atoms with Crippen molar-refractivity contribution >= 4 is 5.97 Å². The van der Waals surface area contributed by atoms with E-state index in [0.717, 1.165) is 11.3 Å². The van der Waals surface area contributed by atoms with E-state index in [1.54, 1.807) is 0 Å². The molecule has 1 aromatic rings. The summed E-state index contributed by atoms with van der Waals surface area (Å²) >= 11 is 0. The number of carboxylic acids is 1. The Hall–Kier alpha value is -1.55. The molecule has 1 unspecified atom stereocenters. The lowest BCUT2D eigenvalue weighted by molar-refractivity contribution is -0.139. The lowest BCUT2D eigenvalue weighted by Crippen LogP contribution is -2.41. The summed E-state index contributed by atoms with van der Waals surface area (Å²) in [5.41, 5.74) is 6.05. The van der Waals surface area contributed by atoms with Crippen LogP contribution in [0.3, 0.4) is 0 Å². The van der Waals surface area contributed by atoms with Crippen LogP contribution in [0.15, 0.2) is 24.3 Å². The van der Waals surface area contributed by atoms with Gasteiger partial charge >= 0.3 is 5.97 Å². The Morgan fingerprint density at radius 1 is 1.41 bits per heavy atom. The number of nitrogens with two attached hydrogens (primary N) is 1. The highest BCUT2D eigenvalue weighted by Crippen LogP contribution is 2.22. The molecule has 0 saturated carbocycles. The molecule has 0 aliphatic carbocycles. The third-order valence-corrected chi connectivity index (χ3v) is 2.44. The van der Waals surface area contributed by atoms with E-state index in [-0.39, 0.29) is 6.42 Å². The van der Waals surface area contributed by atoms with Gasteiger partial charge in [-0.05, 0) is 32.9 Å². The Balaban J connectivity index is 2.65. The van der Waals surface area contributed by atoms with E-state index in [2.05, 4.69) is 0 Å². The highest BCUT2D eigenvalue weighted by atomic mass is 16.5. The molecule has 17 heavy (non-hydrogen) atoms. The maximum absolute atomic E-state index is 10.7. The molecule has 1 aromatic carbocycles. The van der Waals surface area contributed by atoms with Crippen molar-refractivity contribution in [3.63, 3.8) is 0 Å². The summed E-state index contributed by atoms with van der Waals surface area (Å²) in [5, 5.41) is 8.77. The molecule has 94 valence electrons. The zero-order valence-electron chi connectivity index (χ0n) is 10.4. The molecule has 1 rings (SSSR count). The Kier molecular flexibility index (Phi) is 4.12. The van der Waals surface area contributed by atoms with E-state index in [9.17, 15) is 4.79 Å². The van der Waals surface area contributed by atoms with Crippen LogP contribution in [-0.4, -0.2) is 22.7 Å². The van der Waals surface area contributed by atoms with Crippen LogP contribution in [0.1, 0.15) is 25.8 Å². The van der Waals surface area contributed by atoms with E-state index in [4.69, 9.17) is 15.6 Å². The fourth-order valence-corrected chi connectivity index (χ4v) is 1.58. The van der Waals surface area contributed by atoms with E-state index in [1.165, 1.54) is 0 Å². The van der Waals surface area contributed by atoms with Gasteiger partial charge < -0.3 is 15.6 Å². The van der Waals surface area contributed by atoms with Gasteiger partial charge in [0.1, 0.15) is 17.4 Å². The van der Waals surface area contributed by atoms with E-state index >= 15 is 0 Å². The maximum atomic E-state index is 10.7. The van der Waals surface area contributed by atoms with Crippen molar-refractivity contribution in [3.05, 3.63) is 29.8 Å². The fraction of sp³-hybridized carbons (Fsp3) is 0.462. The van der Waals surface area contributed by atoms with Crippen molar-refractivity contribution in [2.75, 3.05) is 0 Å². The zero-order valence-corrected chi connectivity index (χ0v) is 10.4. The second kappa shape index (κ2) is 5.19. The third-order valence-electron chi connectivity index (χ3n) is 2.44. The summed E-state index contributed by atoms with van der Waals surface area (Å²) in [5.74, 6) is -0.288. The average Bonchev–Trinajstić information content (AvgIpc) is 2.20. The predicted molar refractivity (Wildman–Crippen MR) is 66.1 cm³/mol. The van der Waals surface area contributed by atoms with Gasteiger partial charge in [-0.3, -0.25) is 4.79 Å². The van der Waals surface area contributed by atoms with Crippen LogP contribution in [0.4, 0.5) is 0 Å². The first kappa shape index (κ1) is 13.5. The van der Waals surface area contributed by atoms with Gasteiger partial charge in [-0.2, -0.15) is 0 Å². The van der Waals surface area contributed by atoms with E-state index in [0.29, 0.717) is 0 Å². The number of carbonyl (C=O) groups is 1. The number of ether oxygens (including phenoxy) is 1. The molecule has 4 nitrogen and oxygen atoms in total. The minimum atomic E-state index is -1.01. The van der Waals surface area contributed by atoms with Gasteiger partial charge in [-0.1, -0.05) is 17.7 Å². The van der Waals surface area contributed by atoms with Gasteiger partial charge in [-0.25, -0.2) is 0 Å². The SMILES string of the molecule is Cc1ccc(OC(C)(C)CC(N)C(=O)O)cc1. The molecule has 0 radical (unpaired) electrons. The highest BCUT2D eigenvalue weighted by molar-refractivity contribution is 5.73. The molecule has 3 N–H and O–H groups in total. The second-order valence-electron chi connectivity index (χ2n) is 4.82. The van der Waals surface area contributed by atoms with Crippen LogP contribution in [0.2, 0.25) is 0 Å². The molecule has 0 spiro atoms. The Labute approximate surface area is 101 Å². The average molecular weight is 237 g/mol. The van der Waals surface area contributed by atoms with Crippen molar-refractivity contribution in [3.8, 4) is 5.75 Å². The molecule has 0 aromatic heterocycles. The minimum absolute atomic E-state index is 0.260. The third kappa shape index (κ3) is 4.44. The Morgan fingerprint density at radius 3 is 2.41 bits per heavy atom. The van der Waals surface area contributed by atoms with Gasteiger partial charge in [0.2, 0.25) is 0 Å². The number of aryl methyl sites for hydroxylation is 1. The van der Waals surface area contributed by atoms with Crippen LogP contribution in [-0.2, 0) is 4.79 Å². The summed E-state index contributed by atoms with van der Waals surface area (Å²) in [4.78, 5) is 10.7. The quantitative estimate of drug-likeness (QED) is 0.821. The van der Waals surface area contributed by atoms with E-state index in [1.807, 2.05) is 45.0 Å². The van der Waals surface area contributed by atoms with Crippen LogP contribution < -0.4 is 10.5 Å². The molecule has 1 atom stereocenters. The van der Waals surface area contributed by atoms with Gasteiger partial charge in [0.05, 0.1) is 0 Å². The standard InChI is InChI=1S/C13H19NO3/c1-9-4-6-10(7-5-9)17-13(2,3)8-11(14)12(15)16/h4-7,11H,8,14H2,1-3H3,(H,15,16). The molecule has 4 heteroatoms. The number of rotatable bonds is 5. The number of hydrogen-bond donors (Lipinski definition) is 2. The monoisotopic (exact) mass is 237 g/mol. The van der Waals surface area contributed by atoms with Gasteiger partial charge in [0.25, 0.3) is 0 Å². The summed E-state index contributed by atoms with van der Waals surface area (Å²) in [7, 11) is 0. The van der Waals surface area contributed by atoms with Gasteiger partial charge in [0, 0.05) is 6.42 Å². The molecule has 0 heterocycles. The zero-order chi connectivity index (χ0) is 13.1. The van der Waals surface area contributed by atoms with Crippen LogP contribution in [0.5, 0.6) is 5.75 Å². The molecule has 0 saturated heterocycles. The first-order valence-electron chi connectivity index (χ1n) is 5.54. The molecule has 0 bridgehead atoms. The summed E-state index contributed by atoms with van der Waals surface area (Å²) < 4.78 is 5.73. The molecule has 0 aliphatic heterocycles. The summed E-state index contributed by atoms with van der Waals surface area (Å²) in [6, 6.07) is 6.72. The largest absolute Gasteiger partial charge is 0.488 e. The van der Waals surface area contributed by atoms with Crippen LogP contribution >= 0.6 is 0 Å². The van der Waals surface area contributed by atoms with Gasteiger partial charge in [-0.15, -0.1) is 0 Å². The second-order valence-corrected chi connectivity index (χ2v) is 4.82. The van der Waals surface area contributed by atoms with E-state index < -0.39 is 17.6 Å². The number of hydrogen-bond acceptors (Lipinski definition) is 3. The topological polar surface area (TPSA) is 72.5 Å². The van der Waals surface area contributed by atoms with Crippen LogP contribution in [0, 0.1) is 6.92 Å². The predicted octanol–water partition coefficient (Wildman–Crippen LogP) is 1.95. The number of carboxylic acid groups (broad SMARTS) is 1. The lowest BCUT2D eigenvalue weighted by Gasteiger charge is -2.28. The van der Waals surface area contributed by atoms with Crippen LogP contribution in [0.25, 0.3) is 0 Å². The molecule has 0 amide bonds. The smallest absolute Gasteiger partial charge is 0.320 e. The van der Waals surface area contributed by atoms with Gasteiger partial charge in [0.15, 0.2) is 0 Å². The molecule has 0 aliphatic rings. The number of benzene rings is 1. The van der Waals surface area contributed by atoms with Crippen molar-refractivity contribution < 1.29 is 14.6 Å². The first-order chi connectivity index (χ1) is 7.80. The maximum Gasteiger partial charge on any atom is 0.320 e. The normalized spacial score (nSPS) is 13.2. The Morgan fingerprint density at radius 2 is 1.94 bits per heavy atom. The lowest BCUT2D eigenvalue weighted by atomic mass is 9.99. The van der Waals surface area contributed by atoms with Crippen molar-refractivity contribution in [2.24, 2.45) is 5.73 Å². The summed E-state index contributed by atoms with van der Waals surface area (Å²) in [6.45, 7) is 5.65.